The molecule has 0 saturated carbocycles. The van der Waals surface area contributed by atoms with Gasteiger partial charge in [-0.25, -0.2) is 4.98 Å². The highest BCUT2D eigenvalue weighted by Crippen LogP contribution is 2.28. The van der Waals surface area contributed by atoms with Crippen LogP contribution in [-0.2, 0) is 4.74 Å². The van der Waals surface area contributed by atoms with Crippen LogP contribution in [0.4, 0.5) is 17.2 Å². The third-order valence-electron chi connectivity index (χ3n) is 5.92. The second kappa shape index (κ2) is 11.5. The van der Waals surface area contributed by atoms with E-state index in [-0.39, 0.29) is 6.61 Å². The van der Waals surface area contributed by atoms with Crippen LogP contribution < -0.4 is 15.5 Å². The highest BCUT2D eigenvalue weighted by molar-refractivity contribution is 5.84. The molecule has 2 aromatic heterocycles. The standard InChI is InChI=1S/C25H36N6O3/c1-18(2)28-22-4-3-7-27-24(22)30-9-11-31(12-10-30)25(33)23-17-19-16-20(5-6-21(19)29-23)26-8-14-34-15-13-32/h3-7,16-18,25-26,28-29,32-33H,8-15H2,1-2H3. The van der Waals surface area contributed by atoms with Gasteiger partial charge in [0, 0.05) is 61.6 Å². The number of fused-ring (bicyclic) bond motifs is 1. The number of aromatic amines is 1. The van der Waals surface area contributed by atoms with Gasteiger partial charge < -0.3 is 35.5 Å². The van der Waals surface area contributed by atoms with Crippen LogP contribution in [0.5, 0.6) is 0 Å². The maximum atomic E-state index is 11.1. The molecule has 1 saturated heterocycles. The fourth-order valence-electron chi connectivity index (χ4n) is 4.29. The van der Waals surface area contributed by atoms with E-state index in [1.165, 1.54) is 0 Å². The van der Waals surface area contributed by atoms with Crippen LogP contribution in [0, 0.1) is 0 Å². The summed E-state index contributed by atoms with van der Waals surface area (Å²) in [4.78, 5) is 12.4. The Balaban J connectivity index is 1.35. The van der Waals surface area contributed by atoms with E-state index >= 15 is 0 Å². The Morgan fingerprint density at radius 2 is 1.94 bits per heavy atom. The van der Waals surface area contributed by atoms with E-state index < -0.39 is 6.23 Å². The van der Waals surface area contributed by atoms with Crippen LogP contribution >= 0.6 is 0 Å². The van der Waals surface area contributed by atoms with E-state index in [4.69, 9.17) is 9.84 Å². The smallest absolute Gasteiger partial charge is 0.152 e. The number of nitrogens with zero attached hydrogens (tertiary/aromatic N) is 3. The largest absolute Gasteiger partial charge is 0.394 e. The van der Waals surface area contributed by atoms with Crippen molar-refractivity contribution in [2.45, 2.75) is 26.1 Å². The van der Waals surface area contributed by atoms with Gasteiger partial charge in [-0.3, -0.25) is 4.90 Å². The fourth-order valence-corrected chi connectivity index (χ4v) is 4.29. The van der Waals surface area contributed by atoms with Gasteiger partial charge in [0.15, 0.2) is 5.82 Å². The zero-order valence-corrected chi connectivity index (χ0v) is 20.0. The molecule has 1 fully saturated rings. The lowest BCUT2D eigenvalue weighted by atomic mass is 10.2. The van der Waals surface area contributed by atoms with Gasteiger partial charge in [0.25, 0.3) is 0 Å². The molecule has 9 heteroatoms. The predicted molar refractivity (Wildman–Crippen MR) is 136 cm³/mol. The third-order valence-corrected chi connectivity index (χ3v) is 5.92. The van der Waals surface area contributed by atoms with Gasteiger partial charge >= 0.3 is 0 Å². The summed E-state index contributed by atoms with van der Waals surface area (Å²) >= 11 is 0. The Kier molecular flexibility index (Phi) is 8.23. The molecule has 184 valence electrons. The fraction of sp³-hybridized carbons (Fsp3) is 0.480. The number of H-pyrrole nitrogens is 1. The number of aliphatic hydroxyl groups excluding tert-OH is 2. The van der Waals surface area contributed by atoms with Gasteiger partial charge in [-0.15, -0.1) is 0 Å². The summed E-state index contributed by atoms with van der Waals surface area (Å²) in [5.74, 6) is 0.970. The Morgan fingerprint density at radius 3 is 2.71 bits per heavy atom. The molecule has 5 N–H and O–H groups in total. The number of hydrogen-bond donors (Lipinski definition) is 5. The maximum absolute atomic E-state index is 11.1. The number of aromatic nitrogens is 2. The number of piperazine rings is 1. The van der Waals surface area contributed by atoms with Gasteiger partial charge in [0.05, 0.1) is 31.2 Å². The minimum Gasteiger partial charge on any atom is -0.394 e. The predicted octanol–water partition coefficient (Wildman–Crippen LogP) is 2.62. The summed E-state index contributed by atoms with van der Waals surface area (Å²) in [7, 11) is 0. The highest BCUT2D eigenvalue weighted by Gasteiger charge is 2.26. The first kappa shape index (κ1) is 24.3. The number of hydrogen-bond acceptors (Lipinski definition) is 8. The van der Waals surface area contributed by atoms with E-state index in [9.17, 15) is 5.11 Å². The zero-order chi connectivity index (χ0) is 23.9. The number of ether oxygens (including phenoxy) is 1. The van der Waals surface area contributed by atoms with Gasteiger partial charge in [-0.05, 0) is 50.2 Å². The number of pyridine rings is 1. The lowest BCUT2D eigenvalue weighted by molar-refractivity contribution is -0.00431. The molecule has 0 spiro atoms. The SMILES string of the molecule is CC(C)Nc1cccnc1N1CCN(C(O)c2cc3cc(NCCOCCO)ccc3[nH]2)CC1. The van der Waals surface area contributed by atoms with Crippen molar-refractivity contribution in [3.05, 3.63) is 48.3 Å². The van der Waals surface area contributed by atoms with E-state index in [0.29, 0.717) is 25.8 Å². The van der Waals surface area contributed by atoms with Crippen molar-refractivity contribution in [2.75, 3.05) is 68.1 Å². The van der Waals surface area contributed by atoms with E-state index in [0.717, 1.165) is 60.0 Å². The van der Waals surface area contributed by atoms with Crippen LogP contribution in [0.2, 0.25) is 0 Å². The van der Waals surface area contributed by atoms with E-state index in [1.807, 2.05) is 30.5 Å². The first-order valence-corrected chi connectivity index (χ1v) is 12.0. The average Bonchev–Trinajstić information content (AvgIpc) is 3.27. The van der Waals surface area contributed by atoms with E-state index in [2.05, 4.69) is 56.4 Å². The topological polar surface area (TPSA) is 109 Å². The summed E-state index contributed by atoms with van der Waals surface area (Å²) in [6, 6.07) is 12.5. The average molecular weight is 469 g/mol. The lowest BCUT2D eigenvalue weighted by Gasteiger charge is -2.38. The molecule has 1 atom stereocenters. The summed E-state index contributed by atoms with van der Waals surface area (Å²) < 4.78 is 5.29. The summed E-state index contributed by atoms with van der Waals surface area (Å²) in [6.45, 7) is 8.93. The summed E-state index contributed by atoms with van der Waals surface area (Å²) in [5, 5.41) is 27.7. The van der Waals surface area contributed by atoms with E-state index in [1.54, 1.807) is 0 Å². The zero-order valence-electron chi connectivity index (χ0n) is 20.0. The Hall–Kier alpha value is -2.85. The Bertz CT molecular complexity index is 1050. The van der Waals surface area contributed by atoms with Gasteiger partial charge in [-0.1, -0.05) is 0 Å². The van der Waals surface area contributed by atoms with Gasteiger partial charge in [-0.2, -0.15) is 0 Å². The molecule has 0 aliphatic carbocycles. The second-order valence-corrected chi connectivity index (χ2v) is 8.86. The molecular weight excluding hydrogens is 432 g/mol. The molecule has 1 unspecified atom stereocenters. The molecule has 1 aliphatic heterocycles. The van der Waals surface area contributed by atoms with Crippen molar-refractivity contribution >= 4 is 28.1 Å². The maximum Gasteiger partial charge on any atom is 0.152 e. The van der Waals surface area contributed by atoms with Crippen LogP contribution in [0.3, 0.4) is 0 Å². The first-order chi connectivity index (χ1) is 16.5. The van der Waals surface area contributed by atoms with Crippen LogP contribution in [0.15, 0.2) is 42.6 Å². The lowest BCUT2D eigenvalue weighted by Crippen LogP contribution is -2.48. The molecule has 3 aromatic rings. The summed E-state index contributed by atoms with van der Waals surface area (Å²) in [5.41, 5.74) is 3.83. The Morgan fingerprint density at radius 1 is 1.12 bits per heavy atom. The molecule has 1 aliphatic rings. The normalized spacial score (nSPS) is 15.7. The molecule has 1 aromatic carbocycles. The van der Waals surface area contributed by atoms with Crippen LogP contribution in [0.25, 0.3) is 10.9 Å². The van der Waals surface area contributed by atoms with Crippen molar-refractivity contribution < 1.29 is 14.9 Å². The molecule has 3 heterocycles. The molecule has 4 rings (SSSR count). The number of anilines is 3. The minimum atomic E-state index is -0.685. The monoisotopic (exact) mass is 468 g/mol. The van der Waals surface area contributed by atoms with Crippen molar-refractivity contribution in [3.63, 3.8) is 0 Å². The number of benzene rings is 1. The first-order valence-electron chi connectivity index (χ1n) is 12.0. The van der Waals surface area contributed by atoms with Crippen molar-refractivity contribution in [1.82, 2.24) is 14.9 Å². The molecule has 0 amide bonds. The van der Waals surface area contributed by atoms with Gasteiger partial charge in [0.1, 0.15) is 6.23 Å². The highest BCUT2D eigenvalue weighted by atomic mass is 16.5. The number of aliphatic hydroxyl groups is 2. The van der Waals surface area contributed by atoms with Crippen molar-refractivity contribution in [3.8, 4) is 0 Å². The Labute approximate surface area is 200 Å². The van der Waals surface area contributed by atoms with Crippen molar-refractivity contribution in [1.29, 1.82) is 0 Å². The van der Waals surface area contributed by atoms with Gasteiger partial charge in [0.2, 0.25) is 0 Å². The van der Waals surface area contributed by atoms with Crippen LogP contribution in [0.1, 0.15) is 25.8 Å². The quantitative estimate of drug-likeness (QED) is 0.273. The van der Waals surface area contributed by atoms with Crippen molar-refractivity contribution in [2.24, 2.45) is 0 Å². The number of rotatable bonds is 11. The molecular formula is C25H36N6O3. The second-order valence-electron chi connectivity index (χ2n) is 8.86. The third kappa shape index (κ3) is 5.98. The molecule has 34 heavy (non-hydrogen) atoms. The minimum absolute atomic E-state index is 0.0367. The molecule has 9 nitrogen and oxygen atoms in total. The molecule has 0 radical (unpaired) electrons. The number of nitrogens with one attached hydrogen (secondary N) is 3. The summed E-state index contributed by atoms with van der Waals surface area (Å²) in [6.07, 6.45) is 1.15. The van der Waals surface area contributed by atoms with Crippen LogP contribution in [-0.4, -0.2) is 83.7 Å². The molecule has 0 bridgehead atoms.